The van der Waals surface area contributed by atoms with Gasteiger partial charge in [-0.2, -0.15) is 8.42 Å². The average molecular weight is 1040 g/mol. The van der Waals surface area contributed by atoms with E-state index in [0.29, 0.717) is 12.0 Å². The van der Waals surface area contributed by atoms with Crippen molar-refractivity contribution in [1.29, 1.82) is 0 Å². The second kappa shape index (κ2) is 23.5. The summed E-state index contributed by atoms with van der Waals surface area (Å²) in [6, 6.07) is 3.33. The maximum atomic E-state index is 15.4. The minimum atomic E-state index is -4.37. The van der Waals surface area contributed by atoms with Crippen molar-refractivity contribution in [2.45, 2.75) is 89.6 Å². The van der Waals surface area contributed by atoms with Crippen molar-refractivity contribution in [3.8, 4) is 45.5 Å². The summed E-state index contributed by atoms with van der Waals surface area (Å²) in [5, 5.41) is 55.9. The molecule has 0 saturated heterocycles. The molecule has 26 heteroatoms. The van der Waals surface area contributed by atoms with E-state index in [1.54, 1.807) is 26.8 Å². The SMILES string of the molecule is Cc1nc(-c2ccc(C(C)(C)C)c(F)c2O)nc(N)c1C(=O)N[C@@H](CCNS(N)(=O)=O)C(=O)N(C)[C@@H]1C(=O)N[C@@H](C)C(=O)N[C@H](C(=O)O)Cc2ccc(OCCCN)c(c2)-c2cc1cc(OC[C@H](O)CN)c2O. The van der Waals surface area contributed by atoms with Crippen molar-refractivity contribution in [2.75, 3.05) is 45.6 Å². The molecule has 1 aliphatic rings. The molecule has 4 amide bonds. The number of amides is 4. The summed E-state index contributed by atoms with van der Waals surface area (Å²) in [6.45, 7) is 6.90. The van der Waals surface area contributed by atoms with Gasteiger partial charge in [-0.1, -0.05) is 32.9 Å². The van der Waals surface area contributed by atoms with Crippen LogP contribution in [0.15, 0.2) is 42.5 Å². The maximum Gasteiger partial charge on any atom is 0.326 e. The smallest absolute Gasteiger partial charge is 0.326 e. The van der Waals surface area contributed by atoms with Crippen molar-refractivity contribution in [1.82, 2.24) is 35.5 Å². The number of carboxylic acid groups (broad SMARTS) is 1. The number of hydrogen-bond donors (Lipinski definition) is 12. The van der Waals surface area contributed by atoms with Crippen molar-refractivity contribution in [3.05, 3.63) is 76.2 Å². The molecule has 5 rings (SSSR count). The molecular weight excluding hydrogens is 978 g/mol. The normalized spacial score (nSPS) is 17.1. The molecule has 0 unspecified atom stereocenters. The molecule has 0 aliphatic carbocycles. The molecule has 0 saturated carbocycles. The molecule has 0 radical (unpaired) electrons. The van der Waals surface area contributed by atoms with E-state index in [-0.39, 0.29) is 82.5 Å². The standard InChI is InChI=1S/C47H62FN11O13S/c1-22-35(40(51)58-41(54-22)27-9-10-30(47(3,4)5)36(48)39(27)62)43(64)56-31(12-14-53-73(52,69)70)45(66)59(6)37-25-18-29(38(61)34(19-25)72-21-26(60)20-50)28-16-24(8-11-33(28)71-15-7-13-49)17-32(46(67)68)57-42(63)23(2)55-44(37)65/h8-11,16,18-19,23,26,31-32,37,53,60-62H,7,12-15,17,20-21,49-50H2,1-6H3,(H,55,65)(H,56,64)(H,57,63)(H,67,68)(H2,51,54,58)(H2,52,69,70)/t23-,26+,31-,32-,37-/m0/s1. The molecule has 5 atom stereocenters. The number of aliphatic carboxylic acids is 1. The quantitative estimate of drug-likeness (QED) is 0.0587. The van der Waals surface area contributed by atoms with Gasteiger partial charge in [0.25, 0.3) is 16.1 Å². The molecule has 3 aromatic carbocycles. The number of halogens is 1. The third-order valence-corrected chi connectivity index (χ3v) is 12.3. The summed E-state index contributed by atoms with van der Waals surface area (Å²) in [6.07, 6.45) is -1.65. The minimum Gasteiger partial charge on any atom is -0.504 e. The van der Waals surface area contributed by atoms with Crippen LogP contribution in [0.4, 0.5) is 10.2 Å². The lowest BCUT2D eigenvalue weighted by Gasteiger charge is -2.33. The lowest BCUT2D eigenvalue weighted by molar-refractivity contribution is -0.143. The Hall–Kier alpha value is -7.23. The monoisotopic (exact) mass is 1040 g/mol. The predicted octanol–water partition coefficient (Wildman–Crippen LogP) is 0.0865. The number of nitrogens with zero attached hydrogens (tertiary/aromatic N) is 3. The number of phenolic OH excluding ortho intramolecular Hbond substituents is 2. The Morgan fingerprint density at radius 3 is 2.29 bits per heavy atom. The van der Waals surface area contributed by atoms with Gasteiger partial charge in [0.15, 0.2) is 28.9 Å². The molecule has 24 nitrogen and oxygen atoms in total. The number of carbonyl (C=O) groups excluding carboxylic acids is 4. The number of aliphatic hydroxyl groups is 1. The number of fused-ring (bicyclic) bond motifs is 5. The van der Waals surface area contributed by atoms with Gasteiger partial charge in [-0.15, -0.1) is 0 Å². The van der Waals surface area contributed by atoms with Crippen molar-refractivity contribution < 1.29 is 66.7 Å². The number of carboxylic acids is 1. The van der Waals surface area contributed by atoms with Gasteiger partial charge >= 0.3 is 5.97 Å². The Morgan fingerprint density at radius 2 is 1.67 bits per heavy atom. The Morgan fingerprint density at radius 1 is 0.973 bits per heavy atom. The highest BCUT2D eigenvalue weighted by Gasteiger charge is 2.38. The fraction of sp³-hybridized carbons (Fsp3) is 0.426. The zero-order valence-electron chi connectivity index (χ0n) is 41.0. The van der Waals surface area contributed by atoms with Gasteiger partial charge in [0, 0.05) is 37.7 Å². The van der Waals surface area contributed by atoms with Crippen molar-refractivity contribution in [2.24, 2.45) is 16.6 Å². The molecule has 73 heavy (non-hydrogen) atoms. The Bertz CT molecular complexity index is 2840. The van der Waals surface area contributed by atoms with Crippen LogP contribution in [-0.4, -0.2) is 137 Å². The van der Waals surface area contributed by atoms with Crippen LogP contribution in [0.5, 0.6) is 23.0 Å². The zero-order valence-corrected chi connectivity index (χ0v) is 41.8. The molecule has 396 valence electrons. The van der Waals surface area contributed by atoms with Crippen LogP contribution in [0.2, 0.25) is 0 Å². The minimum absolute atomic E-state index is 0.0724. The Kier molecular flexibility index (Phi) is 18.3. The third kappa shape index (κ3) is 13.8. The van der Waals surface area contributed by atoms with Crippen LogP contribution in [0, 0.1) is 12.7 Å². The Labute approximate surface area is 420 Å². The number of nitrogens with two attached hydrogens (primary N) is 4. The van der Waals surface area contributed by atoms with Gasteiger partial charge in [-0.05, 0) is 85.7 Å². The summed E-state index contributed by atoms with van der Waals surface area (Å²) in [4.78, 5) is 79.3. The lowest BCUT2D eigenvalue weighted by atomic mass is 9.85. The van der Waals surface area contributed by atoms with Crippen LogP contribution in [-0.2, 0) is 41.2 Å². The molecule has 4 aromatic rings. The lowest BCUT2D eigenvalue weighted by Crippen LogP contribution is -2.55. The number of aliphatic hydroxyl groups excluding tert-OH is 1. The number of ether oxygens (including phenoxy) is 2. The van der Waals surface area contributed by atoms with Gasteiger partial charge in [-0.3, -0.25) is 19.2 Å². The summed E-state index contributed by atoms with van der Waals surface area (Å²) < 4.78 is 53.3. The first-order valence-electron chi connectivity index (χ1n) is 22.9. The number of aromatic nitrogens is 2. The molecule has 1 aromatic heterocycles. The maximum absolute atomic E-state index is 15.4. The first-order valence-corrected chi connectivity index (χ1v) is 24.4. The summed E-state index contributed by atoms with van der Waals surface area (Å²) >= 11 is 0. The van der Waals surface area contributed by atoms with E-state index in [4.69, 9.17) is 31.8 Å². The molecule has 1 aliphatic heterocycles. The van der Waals surface area contributed by atoms with Crippen molar-refractivity contribution in [3.63, 3.8) is 0 Å². The number of rotatable bonds is 18. The number of nitrogen functional groups attached to an aromatic ring is 1. The summed E-state index contributed by atoms with van der Waals surface area (Å²) in [5.41, 5.74) is 16.9. The third-order valence-electron chi connectivity index (χ3n) is 11.7. The summed E-state index contributed by atoms with van der Waals surface area (Å²) in [7, 11) is -3.22. The number of hydrogen-bond acceptors (Lipinski definition) is 17. The van der Waals surface area contributed by atoms with Crippen LogP contribution < -0.4 is 52.5 Å². The van der Waals surface area contributed by atoms with E-state index < -0.39 is 118 Å². The number of carbonyl (C=O) groups is 5. The van der Waals surface area contributed by atoms with Crippen LogP contribution in [0.3, 0.4) is 0 Å². The number of nitrogens with one attached hydrogen (secondary N) is 4. The first kappa shape index (κ1) is 56.7. The number of benzene rings is 3. The Balaban J connectivity index is 1.67. The van der Waals surface area contributed by atoms with Crippen molar-refractivity contribution >= 4 is 45.6 Å². The highest BCUT2D eigenvalue weighted by Crippen LogP contribution is 2.45. The van der Waals surface area contributed by atoms with Crippen LogP contribution in [0.25, 0.3) is 22.5 Å². The largest absolute Gasteiger partial charge is 0.504 e. The second-order valence-electron chi connectivity index (χ2n) is 18.3. The highest BCUT2D eigenvalue weighted by molar-refractivity contribution is 7.87. The van der Waals surface area contributed by atoms with Gasteiger partial charge in [0.05, 0.1) is 17.9 Å². The number of aromatic hydroxyl groups is 2. The van der Waals surface area contributed by atoms with E-state index in [1.807, 2.05) is 4.72 Å². The molecule has 0 spiro atoms. The average Bonchev–Trinajstić information content (AvgIpc) is 3.30. The van der Waals surface area contributed by atoms with E-state index in [0.717, 1.165) is 11.9 Å². The second-order valence-corrected chi connectivity index (χ2v) is 19.7. The fourth-order valence-electron chi connectivity index (χ4n) is 7.83. The molecule has 16 N–H and O–H groups in total. The molecule has 4 bridgehead atoms. The predicted molar refractivity (Wildman–Crippen MR) is 264 cm³/mol. The van der Waals surface area contributed by atoms with Gasteiger partial charge in [0.2, 0.25) is 17.7 Å². The van der Waals surface area contributed by atoms with E-state index in [9.17, 15) is 52.8 Å². The van der Waals surface area contributed by atoms with E-state index in [2.05, 4.69) is 25.9 Å². The van der Waals surface area contributed by atoms with Gasteiger partial charge in [-0.25, -0.2) is 29.0 Å². The number of likely N-dealkylation sites (N-methyl/N-ethyl adjacent to an activating group) is 1. The van der Waals surface area contributed by atoms with E-state index >= 15 is 4.39 Å². The van der Waals surface area contributed by atoms with Crippen LogP contribution in [0.1, 0.15) is 79.3 Å². The summed E-state index contributed by atoms with van der Waals surface area (Å²) in [5.74, 6) is -8.68. The van der Waals surface area contributed by atoms with Gasteiger partial charge in [0.1, 0.15) is 54.0 Å². The highest BCUT2D eigenvalue weighted by atomic mass is 32.2. The first-order chi connectivity index (χ1) is 34.2. The molecule has 2 heterocycles. The van der Waals surface area contributed by atoms with Gasteiger partial charge < -0.3 is 68.0 Å². The number of aryl methyl sites for hydroxylation is 1. The number of anilines is 1. The van der Waals surface area contributed by atoms with Crippen LogP contribution >= 0.6 is 0 Å². The molecule has 0 fully saturated rings. The zero-order chi connectivity index (χ0) is 54.3. The molecular formula is C47H62FN11O13S. The topological polar surface area (TPSA) is 400 Å². The fourth-order valence-corrected chi connectivity index (χ4v) is 8.23. The van der Waals surface area contributed by atoms with E-state index in [1.165, 1.54) is 50.2 Å². The number of phenols is 2.